The van der Waals surface area contributed by atoms with Gasteiger partial charge in [-0.15, -0.1) is 21.3 Å². The number of carbonyl (C=O) groups is 2. The Morgan fingerprint density at radius 3 is 2.80 bits per heavy atom. The first kappa shape index (κ1) is 15.8. The third kappa shape index (κ3) is 2.79. The first-order valence-electron chi connectivity index (χ1n) is 6.60. The molecule has 0 fully saturated rings. The van der Waals surface area contributed by atoms with Gasteiger partial charge in [0.25, 0.3) is 5.91 Å². The molecular formula is C14H8FN7O3. The van der Waals surface area contributed by atoms with E-state index in [1.54, 1.807) is 0 Å². The number of anilines is 2. The highest BCUT2D eigenvalue weighted by atomic mass is 19.1. The smallest absolute Gasteiger partial charge is 0.337 e. The zero-order valence-electron chi connectivity index (χ0n) is 12.3. The van der Waals surface area contributed by atoms with Crippen molar-refractivity contribution in [1.29, 1.82) is 0 Å². The summed E-state index contributed by atoms with van der Waals surface area (Å²) >= 11 is 0. The van der Waals surface area contributed by atoms with Gasteiger partial charge >= 0.3 is 5.97 Å². The van der Waals surface area contributed by atoms with Gasteiger partial charge in [-0.2, -0.15) is 0 Å². The average Bonchev–Trinajstić information content (AvgIpc) is 3.04. The number of nitrogens with two attached hydrogens (primary N) is 1. The van der Waals surface area contributed by atoms with E-state index in [2.05, 4.69) is 31.9 Å². The van der Waals surface area contributed by atoms with Crippen LogP contribution in [0.4, 0.5) is 15.8 Å². The maximum atomic E-state index is 13.7. The Hall–Kier alpha value is -4.07. The molecule has 0 aliphatic rings. The van der Waals surface area contributed by atoms with Gasteiger partial charge in [-0.1, -0.05) is 5.92 Å². The van der Waals surface area contributed by atoms with Crippen molar-refractivity contribution >= 4 is 28.9 Å². The summed E-state index contributed by atoms with van der Waals surface area (Å²) in [4.78, 5) is 23.6. The Labute approximate surface area is 138 Å². The van der Waals surface area contributed by atoms with Crippen LogP contribution in [0.3, 0.4) is 0 Å². The van der Waals surface area contributed by atoms with Crippen LogP contribution in [0, 0.1) is 18.2 Å². The first-order valence-corrected chi connectivity index (χ1v) is 6.60. The van der Waals surface area contributed by atoms with Gasteiger partial charge in [-0.05, 0) is 28.6 Å². The number of nitrogens with one attached hydrogen (secondary N) is 1. The van der Waals surface area contributed by atoms with Crippen LogP contribution in [-0.4, -0.2) is 42.2 Å². The average molecular weight is 341 g/mol. The predicted octanol–water partition coefficient (Wildman–Crippen LogP) is 0.172. The number of hydrogen-bond donors (Lipinski definition) is 3. The van der Waals surface area contributed by atoms with E-state index in [4.69, 9.17) is 17.3 Å². The van der Waals surface area contributed by atoms with E-state index in [1.165, 1.54) is 6.07 Å². The van der Waals surface area contributed by atoms with Gasteiger partial charge in [-0.25, -0.2) is 9.18 Å². The Morgan fingerprint density at radius 2 is 2.12 bits per heavy atom. The summed E-state index contributed by atoms with van der Waals surface area (Å²) < 4.78 is 14.6. The van der Waals surface area contributed by atoms with Crippen molar-refractivity contribution in [2.45, 2.75) is 0 Å². The summed E-state index contributed by atoms with van der Waals surface area (Å²) in [5.74, 6) is -1.08. The van der Waals surface area contributed by atoms with Gasteiger partial charge in [-0.3, -0.25) is 4.79 Å². The molecule has 25 heavy (non-hydrogen) atoms. The van der Waals surface area contributed by atoms with E-state index >= 15 is 0 Å². The maximum Gasteiger partial charge on any atom is 0.337 e. The van der Waals surface area contributed by atoms with Crippen LogP contribution in [0.15, 0.2) is 18.2 Å². The number of rotatable bonds is 3. The van der Waals surface area contributed by atoms with Crippen molar-refractivity contribution < 1.29 is 19.1 Å². The number of aromatic carboxylic acids is 1. The van der Waals surface area contributed by atoms with E-state index < -0.39 is 23.3 Å². The van der Waals surface area contributed by atoms with Crippen molar-refractivity contribution in [2.75, 3.05) is 11.1 Å². The highest BCUT2D eigenvalue weighted by molar-refractivity contribution is 6.07. The Bertz CT molecular complexity index is 1070. The number of carboxylic acid groups (broad SMARTS) is 1. The van der Waals surface area contributed by atoms with E-state index in [0.717, 1.165) is 16.8 Å². The number of nitrogens with zero attached hydrogens (tertiary/aromatic N) is 5. The van der Waals surface area contributed by atoms with E-state index in [1.807, 2.05) is 0 Å². The van der Waals surface area contributed by atoms with Gasteiger partial charge in [0.1, 0.15) is 5.82 Å². The molecule has 2 aromatic heterocycles. The van der Waals surface area contributed by atoms with Gasteiger partial charge in [0.15, 0.2) is 5.69 Å². The number of carboxylic acids is 1. The lowest BCUT2D eigenvalue weighted by atomic mass is 10.1. The second-order valence-corrected chi connectivity index (χ2v) is 4.76. The molecule has 0 saturated heterocycles. The van der Waals surface area contributed by atoms with Crippen molar-refractivity contribution in [2.24, 2.45) is 0 Å². The van der Waals surface area contributed by atoms with Crippen LogP contribution in [0.25, 0.3) is 5.65 Å². The summed E-state index contributed by atoms with van der Waals surface area (Å²) in [7, 11) is 0. The zero-order valence-corrected chi connectivity index (χ0v) is 12.3. The Kier molecular flexibility index (Phi) is 3.70. The van der Waals surface area contributed by atoms with Crippen LogP contribution < -0.4 is 11.1 Å². The zero-order chi connectivity index (χ0) is 18.1. The normalized spacial score (nSPS) is 10.4. The summed E-state index contributed by atoms with van der Waals surface area (Å²) in [6.45, 7) is 0. The predicted molar refractivity (Wildman–Crippen MR) is 82.2 cm³/mol. The maximum absolute atomic E-state index is 13.7. The fourth-order valence-corrected chi connectivity index (χ4v) is 2.03. The number of halogens is 1. The number of hydrogen-bond acceptors (Lipinski definition) is 7. The number of benzene rings is 1. The molecular weight excluding hydrogens is 333 g/mol. The topological polar surface area (TPSA) is 148 Å². The van der Waals surface area contributed by atoms with Gasteiger partial charge in [0.05, 0.1) is 22.5 Å². The number of fused-ring (bicyclic) bond motifs is 1. The number of carbonyl (C=O) groups excluding carboxylic acids is 1. The molecule has 1 aromatic carbocycles. The van der Waals surface area contributed by atoms with Crippen LogP contribution in [0.5, 0.6) is 0 Å². The van der Waals surface area contributed by atoms with Crippen LogP contribution in [0.2, 0.25) is 0 Å². The van der Waals surface area contributed by atoms with E-state index in [9.17, 15) is 14.0 Å². The molecule has 0 bridgehead atoms. The van der Waals surface area contributed by atoms with Crippen LogP contribution >= 0.6 is 0 Å². The van der Waals surface area contributed by atoms with Gasteiger partial charge in [0, 0.05) is 0 Å². The minimum atomic E-state index is -1.44. The van der Waals surface area contributed by atoms with Crippen molar-refractivity contribution in [3.05, 3.63) is 40.8 Å². The molecule has 11 heteroatoms. The summed E-state index contributed by atoms with van der Waals surface area (Å²) in [6, 6.07) is 2.97. The minimum absolute atomic E-state index is 0.0898. The van der Waals surface area contributed by atoms with Crippen molar-refractivity contribution in [3.63, 3.8) is 0 Å². The fourth-order valence-electron chi connectivity index (χ4n) is 2.03. The van der Waals surface area contributed by atoms with Gasteiger partial charge < -0.3 is 16.2 Å². The number of amides is 1. The molecule has 4 N–H and O–H groups in total. The quantitative estimate of drug-likeness (QED) is 0.571. The van der Waals surface area contributed by atoms with Crippen molar-refractivity contribution in [3.8, 4) is 12.3 Å². The number of terminal acetylenes is 1. The van der Waals surface area contributed by atoms with Gasteiger partial charge in [0.2, 0.25) is 5.65 Å². The number of tetrazole rings is 1. The molecule has 0 aliphatic heterocycles. The molecule has 0 saturated carbocycles. The first-order chi connectivity index (χ1) is 11.9. The highest BCUT2D eigenvalue weighted by Gasteiger charge is 2.19. The van der Waals surface area contributed by atoms with Crippen molar-refractivity contribution in [1.82, 2.24) is 25.3 Å². The molecule has 1 amide bonds. The SMILES string of the molecule is C#Cc1cc(NC(=O)c2cc(N)c3nnnn3n2)c(C(=O)O)cc1F. The minimum Gasteiger partial charge on any atom is -0.478 e. The molecule has 3 rings (SSSR count). The molecule has 0 aliphatic carbocycles. The molecule has 124 valence electrons. The lowest BCUT2D eigenvalue weighted by molar-refractivity contribution is 0.0697. The Balaban J connectivity index is 2.02. The van der Waals surface area contributed by atoms with E-state index in [0.29, 0.717) is 0 Å². The second-order valence-electron chi connectivity index (χ2n) is 4.76. The third-order valence-corrected chi connectivity index (χ3v) is 3.18. The Morgan fingerprint density at radius 1 is 1.36 bits per heavy atom. The highest BCUT2D eigenvalue weighted by Crippen LogP contribution is 2.22. The summed E-state index contributed by atoms with van der Waals surface area (Å²) in [5, 5.41) is 25.8. The summed E-state index contributed by atoms with van der Waals surface area (Å²) in [5.41, 5.74) is 4.92. The molecule has 0 radical (unpaired) electrons. The molecule has 10 nitrogen and oxygen atoms in total. The lowest BCUT2D eigenvalue weighted by Gasteiger charge is -2.10. The number of aromatic nitrogens is 5. The van der Waals surface area contributed by atoms with Crippen LogP contribution in [0.1, 0.15) is 26.4 Å². The fraction of sp³-hybridized carbons (Fsp3) is 0. The largest absolute Gasteiger partial charge is 0.478 e. The number of nitrogen functional groups attached to an aromatic ring is 1. The third-order valence-electron chi connectivity index (χ3n) is 3.18. The molecule has 3 aromatic rings. The second kappa shape index (κ2) is 5.85. The standard InChI is InChI=1S/C14H8FN7O3/c1-2-6-3-10(7(14(24)25)4-8(6)15)17-13(23)11-5-9(16)12-18-20-21-22(12)19-11/h1,3-5H,16H2,(H,17,23)(H,24,25). The van der Waals surface area contributed by atoms with E-state index in [-0.39, 0.29) is 28.3 Å². The molecule has 2 heterocycles. The van der Waals surface area contributed by atoms with Crippen LogP contribution in [-0.2, 0) is 0 Å². The molecule has 0 unspecified atom stereocenters. The molecule has 0 spiro atoms. The monoisotopic (exact) mass is 341 g/mol. The molecule has 0 atom stereocenters. The lowest BCUT2D eigenvalue weighted by Crippen LogP contribution is -2.18. The summed E-state index contributed by atoms with van der Waals surface area (Å²) in [6.07, 6.45) is 5.15.